The lowest BCUT2D eigenvalue weighted by molar-refractivity contribution is -0.105. The Labute approximate surface area is 78.3 Å². The number of carbonyl (C=O) groups excluding carboxylic acids is 1. The standard InChI is InChI=1S/C5H5NO2.C4H11N/c7-4-6-5-1-2-8-3-5;1-3-5-4-2/h1-4H,(H,6,7);5H,3-4H2,1-2H3. The summed E-state index contributed by atoms with van der Waals surface area (Å²) in [6.45, 7) is 6.39. The number of furan rings is 1. The van der Waals surface area contributed by atoms with Crippen molar-refractivity contribution in [3.05, 3.63) is 18.6 Å². The van der Waals surface area contributed by atoms with Crippen LogP contribution in [0.2, 0.25) is 0 Å². The second kappa shape index (κ2) is 8.80. The van der Waals surface area contributed by atoms with Crippen molar-refractivity contribution in [2.24, 2.45) is 0 Å². The molecule has 2 N–H and O–H groups in total. The van der Waals surface area contributed by atoms with Crippen LogP contribution in [-0.4, -0.2) is 19.5 Å². The van der Waals surface area contributed by atoms with E-state index in [9.17, 15) is 4.79 Å². The second-order valence-corrected chi connectivity index (χ2v) is 2.23. The van der Waals surface area contributed by atoms with Crippen LogP contribution in [0.5, 0.6) is 0 Å². The Hall–Kier alpha value is -1.29. The highest BCUT2D eigenvalue weighted by atomic mass is 16.3. The highest BCUT2D eigenvalue weighted by Crippen LogP contribution is 2.03. The molecular weight excluding hydrogens is 168 g/mol. The third kappa shape index (κ3) is 7.08. The van der Waals surface area contributed by atoms with Crippen LogP contribution in [0.3, 0.4) is 0 Å². The van der Waals surface area contributed by atoms with Crippen LogP contribution in [0.15, 0.2) is 23.0 Å². The van der Waals surface area contributed by atoms with Crippen molar-refractivity contribution < 1.29 is 9.21 Å². The van der Waals surface area contributed by atoms with E-state index in [0.717, 1.165) is 13.1 Å². The number of hydrogen-bond donors (Lipinski definition) is 2. The topological polar surface area (TPSA) is 54.3 Å². The predicted molar refractivity (Wildman–Crippen MR) is 52.6 cm³/mol. The van der Waals surface area contributed by atoms with Crippen LogP contribution in [0, 0.1) is 0 Å². The molecule has 0 aliphatic carbocycles. The van der Waals surface area contributed by atoms with Crippen LogP contribution in [0.25, 0.3) is 0 Å². The van der Waals surface area contributed by atoms with Crippen molar-refractivity contribution >= 4 is 12.1 Å². The number of hydrogen-bond acceptors (Lipinski definition) is 3. The minimum absolute atomic E-state index is 0.602. The van der Waals surface area contributed by atoms with Gasteiger partial charge < -0.3 is 15.1 Å². The third-order valence-electron chi connectivity index (χ3n) is 1.25. The molecule has 0 spiro atoms. The zero-order valence-electron chi connectivity index (χ0n) is 8.04. The lowest BCUT2D eigenvalue weighted by atomic mass is 10.5. The van der Waals surface area contributed by atoms with Crippen molar-refractivity contribution in [3.8, 4) is 0 Å². The summed E-state index contributed by atoms with van der Waals surface area (Å²) in [6.07, 6.45) is 3.55. The molecule has 0 radical (unpaired) electrons. The first-order valence-electron chi connectivity index (χ1n) is 4.28. The quantitative estimate of drug-likeness (QED) is 0.696. The van der Waals surface area contributed by atoms with Gasteiger partial charge in [-0.1, -0.05) is 13.8 Å². The fourth-order valence-electron chi connectivity index (χ4n) is 0.665. The summed E-state index contributed by atoms with van der Waals surface area (Å²) >= 11 is 0. The molecule has 0 saturated heterocycles. The first kappa shape index (κ1) is 11.7. The summed E-state index contributed by atoms with van der Waals surface area (Å²) in [6, 6.07) is 1.66. The molecule has 4 nitrogen and oxygen atoms in total. The molecule has 0 atom stereocenters. The van der Waals surface area contributed by atoms with Crippen LogP contribution < -0.4 is 10.6 Å². The number of rotatable bonds is 4. The molecule has 1 aromatic rings. The average molecular weight is 184 g/mol. The lowest BCUT2D eigenvalue weighted by Gasteiger charge is -1.86. The van der Waals surface area contributed by atoms with Crippen molar-refractivity contribution in [1.82, 2.24) is 5.32 Å². The van der Waals surface area contributed by atoms with Gasteiger partial charge in [-0.15, -0.1) is 0 Å². The zero-order chi connectivity index (χ0) is 9.94. The third-order valence-corrected chi connectivity index (χ3v) is 1.25. The molecule has 0 aliphatic rings. The molecule has 4 heteroatoms. The normalized spacial score (nSPS) is 8.46. The van der Waals surface area contributed by atoms with Crippen molar-refractivity contribution in [2.45, 2.75) is 13.8 Å². The molecule has 0 fully saturated rings. The molecule has 0 aromatic carbocycles. The van der Waals surface area contributed by atoms with Gasteiger partial charge in [0.2, 0.25) is 6.41 Å². The fourth-order valence-corrected chi connectivity index (χ4v) is 0.665. The van der Waals surface area contributed by atoms with Crippen LogP contribution in [-0.2, 0) is 4.79 Å². The zero-order valence-corrected chi connectivity index (χ0v) is 8.04. The largest absolute Gasteiger partial charge is 0.470 e. The van der Waals surface area contributed by atoms with Gasteiger partial charge in [-0.2, -0.15) is 0 Å². The maximum absolute atomic E-state index is 9.72. The van der Waals surface area contributed by atoms with Crippen molar-refractivity contribution in [3.63, 3.8) is 0 Å². The SMILES string of the molecule is CCNCC.O=CNc1ccoc1. The number of anilines is 1. The number of nitrogens with one attached hydrogen (secondary N) is 2. The van der Waals surface area contributed by atoms with E-state index in [1.165, 1.54) is 12.5 Å². The predicted octanol–water partition coefficient (Wildman–Crippen LogP) is 1.46. The second-order valence-electron chi connectivity index (χ2n) is 2.23. The summed E-state index contributed by atoms with van der Waals surface area (Å²) in [7, 11) is 0. The molecule has 74 valence electrons. The molecule has 0 unspecified atom stereocenters. The Balaban J connectivity index is 0.000000252. The summed E-state index contributed by atoms with van der Waals surface area (Å²) in [4.78, 5) is 9.72. The van der Waals surface area contributed by atoms with Gasteiger partial charge in [0, 0.05) is 0 Å². The Bertz CT molecular complexity index is 195. The van der Waals surface area contributed by atoms with E-state index in [0.29, 0.717) is 12.1 Å². The Morgan fingerprint density at radius 2 is 2.15 bits per heavy atom. The first-order chi connectivity index (χ1) is 6.35. The lowest BCUT2D eigenvalue weighted by Crippen LogP contribution is -2.09. The molecule has 1 amide bonds. The maximum atomic E-state index is 9.72. The minimum atomic E-state index is 0.602. The Morgan fingerprint density at radius 1 is 1.46 bits per heavy atom. The summed E-state index contributed by atoms with van der Waals surface area (Å²) in [5.74, 6) is 0. The van der Waals surface area contributed by atoms with Crippen molar-refractivity contribution in [1.29, 1.82) is 0 Å². The molecular formula is C9H16N2O2. The van der Waals surface area contributed by atoms with Gasteiger partial charge in [-0.25, -0.2) is 0 Å². The summed E-state index contributed by atoms with van der Waals surface area (Å²) in [5, 5.41) is 5.52. The minimum Gasteiger partial charge on any atom is -0.470 e. The van der Waals surface area contributed by atoms with E-state index < -0.39 is 0 Å². The number of carbonyl (C=O) groups is 1. The maximum Gasteiger partial charge on any atom is 0.211 e. The van der Waals surface area contributed by atoms with Gasteiger partial charge in [0.05, 0.1) is 12.0 Å². The molecule has 0 aliphatic heterocycles. The highest BCUT2D eigenvalue weighted by Gasteiger charge is 1.85. The molecule has 1 rings (SSSR count). The monoisotopic (exact) mass is 184 g/mol. The van der Waals surface area contributed by atoms with Gasteiger partial charge in [0.15, 0.2) is 0 Å². The first-order valence-corrected chi connectivity index (χ1v) is 4.28. The molecule has 0 saturated carbocycles. The van der Waals surface area contributed by atoms with Gasteiger partial charge in [0.1, 0.15) is 6.26 Å². The van der Waals surface area contributed by atoms with Crippen LogP contribution >= 0.6 is 0 Å². The molecule has 1 heterocycles. The smallest absolute Gasteiger partial charge is 0.211 e. The molecule has 0 bridgehead atoms. The molecule has 13 heavy (non-hydrogen) atoms. The van der Waals surface area contributed by atoms with Crippen molar-refractivity contribution in [2.75, 3.05) is 18.4 Å². The van der Waals surface area contributed by atoms with Gasteiger partial charge in [-0.05, 0) is 19.2 Å². The van der Waals surface area contributed by atoms with Gasteiger partial charge in [0.25, 0.3) is 0 Å². The van der Waals surface area contributed by atoms with Crippen LogP contribution in [0.4, 0.5) is 5.69 Å². The number of amides is 1. The van der Waals surface area contributed by atoms with Crippen LogP contribution in [0.1, 0.15) is 13.8 Å². The Morgan fingerprint density at radius 3 is 2.46 bits per heavy atom. The van der Waals surface area contributed by atoms with E-state index in [1.807, 2.05) is 0 Å². The van der Waals surface area contributed by atoms with E-state index in [1.54, 1.807) is 6.07 Å². The summed E-state index contributed by atoms with van der Waals surface area (Å²) in [5.41, 5.74) is 0.681. The Kier molecular flexibility index (Phi) is 7.93. The van der Waals surface area contributed by atoms with Gasteiger partial charge in [-0.3, -0.25) is 4.79 Å². The van der Waals surface area contributed by atoms with Gasteiger partial charge >= 0.3 is 0 Å². The summed E-state index contributed by atoms with van der Waals surface area (Å²) < 4.78 is 4.65. The van der Waals surface area contributed by atoms with E-state index in [4.69, 9.17) is 0 Å². The van der Waals surface area contributed by atoms with E-state index >= 15 is 0 Å². The average Bonchev–Trinajstić information content (AvgIpc) is 2.60. The van der Waals surface area contributed by atoms with E-state index in [-0.39, 0.29) is 0 Å². The fraction of sp³-hybridized carbons (Fsp3) is 0.444. The molecule has 1 aromatic heterocycles. The van der Waals surface area contributed by atoms with E-state index in [2.05, 4.69) is 28.9 Å². The highest BCUT2D eigenvalue weighted by molar-refractivity contribution is 5.70.